The number of para-hydroxylation sites is 1. The van der Waals surface area contributed by atoms with Crippen molar-refractivity contribution in [2.24, 2.45) is 4.99 Å². The van der Waals surface area contributed by atoms with Gasteiger partial charge >= 0.3 is 0 Å². The Morgan fingerprint density at radius 1 is 1.17 bits per heavy atom. The van der Waals surface area contributed by atoms with Crippen LogP contribution in [0.25, 0.3) is 10.9 Å². The van der Waals surface area contributed by atoms with E-state index in [1.54, 1.807) is 6.26 Å². The van der Waals surface area contributed by atoms with Crippen LogP contribution in [0.4, 0.5) is 0 Å². The van der Waals surface area contributed by atoms with Crippen LogP contribution in [0.3, 0.4) is 0 Å². The Kier molecular flexibility index (Phi) is 10.1. The first-order valence-corrected chi connectivity index (χ1v) is 9.96. The smallest absolute Gasteiger partial charge is 0.191 e. The molecule has 3 rings (SSSR count). The summed E-state index contributed by atoms with van der Waals surface area (Å²) in [4.78, 5) is 8.09. The highest BCUT2D eigenvalue weighted by Gasteiger charge is 2.07. The van der Waals surface area contributed by atoms with Crippen molar-refractivity contribution >= 4 is 40.8 Å². The van der Waals surface area contributed by atoms with Gasteiger partial charge in [0.05, 0.1) is 6.26 Å². The second-order valence-electron chi connectivity index (χ2n) is 6.70. The number of furan rings is 1. The SMILES string of the molecule is CCNC(=NCCCOCc1ccco1)NCCc1c(C)[nH]c2ccccc12.I. The molecule has 0 aliphatic carbocycles. The average Bonchev–Trinajstić information content (AvgIpc) is 3.32. The fourth-order valence-electron chi connectivity index (χ4n) is 3.23. The van der Waals surface area contributed by atoms with Crippen LogP contribution < -0.4 is 10.6 Å². The number of nitrogens with zero attached hydrogens (tertiary/aromatic N) is 1. The first-order valence-electron chi connectivity index (χ1n) is 9.96. The van der Waals surface area contributed by atoms with Gasteiger partial charge in [0.25, 0.3) is 0 Å². The Labute approximate surface area is 189 Å². The Hall–Kier alpha value is -2.00. The molecule has 0 aliphatic heterocycles. The van der Waals surface area contributed by atoms with E-state index in [4.69, 9.17) is 9.15 Å². The largest absolute Gasteiger partial charge is 0.467 e. The molecular formula is C22H31IN4O2. The number of aryl methyl sites for hydroxylation is 1. The molecular weight excluding hydrogens is 479 g/mol. The summed E-state index contributed by atoms with van der Waals surface area (Å²) in [5, 5.41) is 8.04. The second-order valence-corrected chi connectivity index (χ2v) is 6.70. The average molecular weight is 510 g/mol. The summed E-state index contributed by atoms with van der Waals surface area (Å²) < 4.78 is 10.8. The summed E-state index contributed by atoms with van der Waals surface area (Å²) in [6, 6.07) is 12.2. The van der Waals surface area contributed by atoms with Crippen LogP contribution in [-0.4, -0.2) is 37.2 Å². The molecule has 0 saturated carbocycles. The van der Waals surface area contributed by atoms with Crippen molar-refractivity contribution in [1.29, 1.82) is 0 Å². The first kappa shape index (κ1) is 23.3. The molecule has 29 heavy (non-hydrogen) atoms. The van der Waals surface area contributed by atoms with Gasteiger partial charge in [-0.2, -0.15) is 0 Å². The minimum absolute atomic E-state index is 0. The maximum absolute atomic E-state index is 5.60. The van der Waals surface area contributed by atoms with Crippen LogP contribution in [0.2, 0.25) is 0 Å². The van der Waals surface area contributed by atoms with Gasteiger partial charge in [0.15, 0.2) is 5.96 Å². The molecule has 7 heteroatoms. The van der Waals surface area contributed by atoms with Gasteiger partial charge < -0.3 is 24.8 Å². The molecule has 158 valence electrons. The van der Waals surface area contributed by atoms with Gasteiger partial charge in [-0.25, -0.2) is 0 Å². The number of halogens is 1. The fraction of sp³-hybridized carbons (Fsp3) is 0.409. The highest BCUT2D eigenvalue weighted by Crippen LogP contribution is 2.21. The third-order valence-electron chi connectivity index (χ3n) is 4.58. The lowest BCUT2D eigenvalue weighted by Crippen LogP contribution is -2.38. The Bertz CT molecular complexity index is 874. The molecule has 3 N–H and O–H groups in total. The van der Waals surface area contributed by atoms with Gasteiger partial charge in [-0.15, -0.1) is 24.0 Å². The van der Waals surface area contributed by atoms with Gasteiger partial charge in [-0.05, 0) is 50.5 Å². The molecule has 0 aliphatic rings. The van der Waals surface area contributed by atoms with Gasteiger partial charge in [0, 0.05) is 42.8 Å². The highest BCUT2D eigenvalue weighted by molar-refractivity contribution is 14.0. The maximum Gasteiger partial charge on any atom is 0.191 e. The number of benzene rings is 1. The van der Waals surface area contributed by atoms with E-state index in [9.17, 15) is 0 Å². The molecule has 3 aromatic rings. The lowest BCUT2D eigenvalue weighted by atomic mass is 10.1. The zero-order valence-electron chi connectivity index (χ0n) is 17.2. The minimum atomic E-state index is 0. The molecule has 0 spiro atoms. The number of aromatic amines is 1. The van der Waals surface area contributed by atoms with Crippen molar-refractivity contribution in [1.82, 2.24) is 15.6 Å². The molecule has 2 heterocycles. The maximum atomic E-state index is 5.60. The van der Waals surface area contributed by atoms with Crippen molar-refractivity contribution in [3.05, 3.63) is 59.7 Å². The number of aliphatic imine (C=N–C) groups is 1. The summed E-state index contributed by atoms with van der Waals surface area (Å²) in [6.07, 6.45) is 3.49. The summed E-state index contributed by atoms with van der Waals surface area (Å²) in [5.74, 6) is 1.71. The molecule has 2 aromatic heterocycles. The van der Waals surface area contributed by atoms with E-state index in [1.807, 2.05) is 12.1 Å². The summed E-state index contributed by atoms with van der Waals surface area (Å²) in [6.45, 7) is 7.79. The summed E-state index contributed by atoms with van der Waals surface area (Å²) in [5.41, 5.74) is 3.80. The summed E-state index contributed by atoms with van der Waals surface area (Å²) in [7, 11) is 0. The highest BCUT2D eigenvalue weighted by atomic mass is 127. The Morgan fingerprint density at radius 2 is 2.03 bits per heavy atom. The molecule has 1 aromatic carbocycles. The van der Waals surface area contributed by atoms with E-state index >= 15 is 0 Å². The molecule has 0 unspecified atom stereocenters. The topological polar surface area (TPSA) is 74.6 Å². The number of H-pyrrole nitrogens is 1. The van der Waals surface area contributed by atoms with E-state index in [0.29, 0.717) is 13.2 Å². The molecule has 6 nitrogen and oxygen atoms in total. The number of guanidine groups is 1. The number of hydrogen-bond acceptors (Lipinski definition) is 3. The predicted molar refractivity (Wildman–Crippen MR) is 129 cm³/mol. The third kappa shape index (κ3) is 7.08. The van der Waals surface area contributed by atoms with E-state index in [0.717, 1.165) is 44.2 Å². The molecule has 0 fully saturated rings. The lowest BCUT2D eigenvalue weighted by Gasteiger charge is -2.11. The van der Waals surface area contributed by atoms with Gasteiger partial charge in [0.2, 0.25) is 0 Å². The number of ether oxygens (including phenoxy) is 1. The zero-order valence-corrected chi connectivity index (χ0v) is 19.5. The van der Waals surface area contributed by atoms with Crippen LogP contribution >= 0.6 is 24.0 Å². The molecule has 0 saturated heterocycles. The first-order chi connectivity index (χ1) is 13.8. The normalized spacial score (nSPS) is 11.4. The Morgan fingerprint density at radius 3 is 2.83 bits per heavy atom. The molecule has 0 atom stereocenters. The van der Waals surface area contributed by atoms with E-state index < -0.39 is 0 Å². The molecule has 0 bridgehead atoms. The van der Waals surface area contributed by atoms with Gasteiger partial charge in [-0.1, -0.05) is 18.2 Å². The lowest BCUT2D eigenvalue weighted by molar-refractivity contribution is 0.105. The summed E-state index contributed by atoms with van der Waals surface area (Å²) >= 11 is 0. The van der Waals surface area contributed by atoms with E-state index in [-0.39, 0.29) is 24.0 Å². The van der Waals surface area contributed by atoms with Crippen LogP contribution in [0.15, 0.2) is 52.1 Å². The monoisotopic (exact) mass is 510 g/mol. The van der Waals surface area contributed by atoms with Crippen LogP contribution in [0.1, 0.15) is 30.4 Å². The van der Waals surface area contributed by atoms with Crippen molar-refractivity contribution in [3.8, 4) is 0 Å². The minimum Gasteiger partial charge on any atom is -0.467 e. The van der Waals surface area contributed by atoms with Crippen LogP contribution in [0, 0.1) is 6.92 Å². The number of fused-ring (bicyclic) bond motifs is 1. The number of hydrogen-bond donors (Lipinski definition) is 3. The van der Waals surface area contributed by atoms with Crippen molar-refractivity contribution in [2.45, 2.75) is 33.3 Å². The third-order valence-corrected chi connectivity index (χ3v) is 4.58. The van der Waals surface area contributed by atoms with Gasteiger partial charge in [0.1, 0.15) is 12.4 Å². The zero-order chi connectivity index (χ0) is 19.6. The van der Waals surface area contributed by atoms with E-state index in [1.165, 1.54) is 22.2 Å². The number of nitrogens with one attached hydrogen (secondary N) is 3. The standard InChI is InChI=1S/C22H30N4O2.HI/c1-3-23-22(24-12-7-14-27-16-18-8-6-15-28-18)25-13-11-19-17(2)26-21-10-5-4-9-20(19)21;/h4-6,8-10,15,26H,3,7,11-14,16H2,1-2H3,(H2,23,24,25);1H. The molecule has 0 radical (unpaired) electrons. The van der Waals surface area contributed by atoms with Crippen LogP contribution in [0.5, 0.6) is 0 Å². The fourth-order valence-corrected chi connectivity index (χ4v) is 3.23. The van der Waals surface area contributed by atoms with E-state index in [2.05, 4.69) is 58.7 Å². The molecule has 0 amide bonds. The van der Waals surface area contributed by atoms with Crippen molar-refractivity contribution in [2.75, 3.05) is 26.2 Å². The van der Waals surface area contributed by atoms with Crippen molar-refractivity contribution in [3.63, 3.8) is 0 Å². The van der Waals surface area contributed by atoms with Gasteiger partial charge in [-0.3, -0.25) is 4.99 Å². The number of aromatic nitrogens is 1. The quantitative estimate of drug-likeness (QED) is 0.164. The Balaban J connectivity index is 0.00000300. The number of rotatable bonds is 10. The second kappa shape index (κ2) is 12.5. The predicted octanol–water partition coefficient (Wildman–Crippen LogP) is 4.39. The van der Waals surface area contributed by atoms with Crippen LogP contribution in [-0.2, 0) is 17.8 Å². The van der Waals surface area contributed by atoms with Crippen molar-refractivity contribution < 1.29 is 9.15 Å².